The van der Waals surface area contributed by atoms with Crippen molar-refractivity contribution in [3.63, 3.8) is 0 Å². The number of nitrogens with one attached hydrogen (secondary N) is 1. The van der Waals surface area contributed by atoms with Gasteiger partial charge in [0.25, 0.3) is 0 Å². The van der Waals surface area contributed by atoms with Gasteiger partial charge in [0.05, 0.1) is 6.20 Å². The lowest BCUT2D eigenvalue weighted by Crippen LogP contribution is -2.41. The van der Waals surface area contributed by atoms with Crippen molar-refractivity contribution in [2.45, 2.75) is 50.8 Å². The van der Waals surface area contributed by atoms with Gasteiger partial charge >= 0.3 is 0 Å². The maximum Gasteiger partial charge on any atom is 0.141 e. The summed E-state index contributed by atoms with van der Waals surface area (Å²) in [6.45, 7) is 11.3. The number of hydrogen-bond acceptors (Lipinski definition) is 4. The Morgan fingerprint density at radius 3 is 2.65 bits per heavy atom. The summed E-state index contributed by atoms with van der Waals surface area (Å²) >= 11 is 2.01. The second-order valence-electron chi connectivity index (χ2n) is 5.83. The monoisotopic (exact) mass is 297 g/mol. The largest absolute Gasteiger partial charge is 0.354 e. The summed E-state index contributed by atoms with van der Waals surface area (Å²) in [6, 6.07) is 1.98. The van der Waals surface area contributed by atoms with Crippen molar-refractivity contribution in [3.05, 3.63) is 23.6 Å². The molecule has 1 aliphatic heterocycles. The maximum atomic E-state index is 13.5. The fourth-order valence-corrected chi connectivity index (χ4v) is 3.88. The minimum Gasteiger partial charge on any atom is -0.354 e. The second kappa shape index (κ2) is 6.76. The average Bonchev–Trinajstić information content (AvgIpc) is 2.35. The van der Waals surface area contributed by atoms with Crippen molar-refractivity contribution >= 4 is 17.6 Å². The number of anilines is 1. The predicted octanol–water partition coefficient (Wildman–Crippen LogP) is 3.05. The molecule has 0 radical (unpaired) electrons. The van der Waals surface area contributed by atoms with Gasteiger partial charge in [-0.2, -0.15) is 11.8 Å². The van der Waals surface area contributed by atoms with Crippen LogP contribution in [0.4, 0.5) is 10.2 Å². The molecule has 1 saturated heterocycles. The van der Waals surface area contributed by atoms with Gasteiger partial charge in [-0.25, -0.2) is 9.37 Å². The minimum atomic E-state index is -0.262. The number of aromatic nitrogens is 1. The van der Waals surface area contributed by atoms with E-state index in [1.165, 1.54) is 6.20 Å². The van der Waals surface area contributed by atoms with Crippen LogP contribution in [0.5, 0.6) is 0 Å². The molecule has 112 valence electrons. The Hall–Kier alpha value is -0.810. The number of pyridine rings is 1. The molecule has 0 saturated carbocycles. The van der Waals surface area contributed by atoms with Crippen molar-refractivity contribution in [2.24, 2.45) is 0 Å². The van der Waals surface area contributed by atoms with Gasteiger partial charge in [-0.15, -0.1) is 0 Å². The Bertz CT molecular complexity index is 443. The van der Waals surface area contributed by atoms with E-state index in [-0.39, 0.29) is 5.82 Å². The highest BCUT2D eigenvalue weighted by molar-refractivity contribution is 8.00. The van der Waals surface area contributed by atoms with Gasteiger partial charge in [0, 0.05) is 41.7 Å². The summed E-state index contributed by atoms with van der Waals surface area (Å²) in [4.78, 5) is 6.64. The van der Waals surface area contributed by atoms with E-state index >= 15 is 0 Å². The summed E-state index contributed by atoms with van der Waals surface area (Å²) in [5.41, 5.74) is 0.949. The van der Waals surface area contributed by atoms with Crippen molar-refractivity contribution in [2.75, 3.05) is 18.0 Å². The lowest BCUT2D eigenvalue weighted by molar-refractivity contribution is 0.575. The van der Waals surface area contributed by atoms with E-state index in [1.807, 2.05) is 11.8 Å². The number of rotatable bonds is 4. The van der Waals surface area contributed by atoms with Crippen LogP contribution in [0.1, 0.15) is 33.3 Å². The molecule has 20 heavy (non-hydrogen) atoms. The van der Waals surface area contributed by atoms with Gasteiger partial charge in [0.15, 0.2) is 0 Å². The number of hydrogen-bond donors (Lipinski definition) is 1. The van der Waals surface area contributed by atoms with E-state index in [2.05, 4.69) is 42.9 Å². The molecule has 0 spiro atoms. The second-order valence-corrected chi connectivity index (χ2v) is 7.72. The Balaban J connectivity index is 2.21. The molecule has 2 heterocycles. The van der Waals surface area contributed by atoms with E-state index in [4.69, 9.17) is 0 Å². The van der Waals surface area contributed by atoms with Gasteiger partial charge in [-0.1, -0.05) is 27.7 Å². The Labute approximate surface area is 125 Å². The number of nitrogens with zero attached hydrogens (tertiary/aromatic N) is 2. The highest BCUT2D eigenvalue weighted by Crippen LogP contribution is 2.29. The fourth-order valence-electron chi connectivity index (χ4n) is 2.55. The van der Waals surface area contributed by atoms with Crippen molar-refractivity contribution in [3.8, 4) is 0 Å². The standard InChI is InChI=1S/C15H24FN3S/c1-10(2)17-6-13-5-14(16)7-18-15(13)19-8-11(3)20-12(4)9-19/h5,7,10-12,17H,6,8-9H2,1-4H3. The van der Waals surface area contributed by atoms with Gasteiger partial charge < -0.3 is 10.2 Å². The van der Waals surface area contributed by atoms with E-state index in [0.717, 1.165) is 24.5 Å². The molecule has 1 aromatic heterocycles. The Kier molecular flexibility index (Phi) is 5.27. The molecule has 1 fully saturated rings. The summed E-state index contributed by atoms with van der Waals surface area (Å²) in [5, 5.41) is 4.51. The smallest absolute Gasteiger partial charge is 0.141 e. The third-order valence-corrected chi connectivity index (χ3v) is 4.56. The third kappa shape index (κ3) is 4.09. The van der Waals surface area contributed by atoms with Crippen LogP contribution in [0.2, 0.25) is 0 Å². The Morgan fingerprint density at radius 1 is 1.40 bits per heavy atom. The van der Waals surface area contributed by atoms with E-state index in [9.17, 15) is 4.39 Å². The first-order chi connectivity index (χ1) is 9.45. The molecule has 2 atom stereocenters. The Morgan fingerprint density at radius 2 is 2.05 bits per heavy atom. The SMILES string of the molecule is CC(C)NCc1cc(F)cnc1N1CC(C)SC(C)C1. The van der Waals surface area contributed by atoms with E-state index < -0.39 is 0 Å². The molecular weight excluding hydrogens is 273 g/mol. The van der Waals surface area contributed by atoms with Crippen LogP contribution in [-0.2, 0) is 6.54 Å². The zero-order valence-electron chi connectivity index (χ0n) is 12.7. The number of halogens is 1. The average molecular weight is 297 g/mol. The summed E-state index contributed by atoms with van der Waals surface area (Å²) in [6.07, 6.45) is 1.32. The van der Waals surface area contributed by atoms with Gasteiger partial charge in [0.1, 0.15) is 11.6 Å². The number of thioether (sulfide) groups is 1. The zero-order chi connectivity index (χ0) is 14.7. The molecule has 1 N–H and O–H groups in total. The molecule has 1 aliphatic rings. The van der Waals surface area contributed by atoms with Crippen molar-refractivity contribution < 1.29 is 4.39 Å². The van der Waals surface area contributed by atoms with E-state index in [0.29, 0.717) is 23.1 Å². The quantitative estimate of drug-likeness (QED) is 0.924. The first-order valence-electron chi connectivity index (χ1n) is 7.24. The maximum absolute atomic E-state index is 13.5. The van der Waals surface area contributed by atoms with Crippen LogP contribution in [0, 0.1) is 5.82 Å². The molecule has 1 aromatic rings. The molecule has 0 amide bonds. The highest BCUT2D eigenvalue weighted by Gasteiger charge is 2.25. The molecule has 0 aromatic carbocycles. The van der Waals surface area contributed by atoms with Crippen LogP contribution in [0.3, 0.4) is 0 Å². The van der Waals surface area contributed by atoms with Crippen LogP contribution in [-0.4, -0.2) is 34.6 Å². The molecule has 2 unspecified atom stereocenters. The summed E-state index contributed by atoms with van der Waals surface area (Å²) < 4.78 is 13.5. The van der Waals surface area contributed by atoms with Crippen LogP contribution >= 0.6 is 11.8 Å². The minimum absolute atomic E-state index is 0.262. The topological polar surface area (TPSA) is 28.2 Å². The molecule has 3 nitrogen and oxygen atoms in total. The zero-order valence-corrected chi connectivity index (χ0v) is 13.5. The van der Waals surface area contributed by atoms with Crippen LogP contribution in [0.15, 0.2) is 12.3 Å². The highest BCUT2D eigenvalue weighted by atomic mass is 32.2. The first-order valence-corrected chi connectivity index (χ1v) is 8.18. The van der Waals surface area contributed by atoms with Gasteiger partial charge in [0.2, 0.25) is 0 Å². The van der Waals surface area contributed by atoms with Crippen LogP contribution in [0.25, 0.3) is 0 Å². The fraction of sp³-hybridized carbons (Fsp3) is 0.667. The lowest BCUT2D eigenvalue weighted by Gasteiger charge is -2.36. The lowest BCUT2D eigenvalue weighted by atomic mass is 10.2. The third-order valence-electron chi connectivity index (χ3n) is 3.33. The molecule has 0 aliphatic carbocycles. The summed E-state index contributed by atoms with van der Waals surface area (Å²) in [5.74, 6) is 0.667. The van der Waals surface area contributed by atoms with Crippen LogP contribution < -0.4 is 10.2 Å². The van der Waals surface area contributed by atoms with Crippen molar-refractivity contribution in [1.29, 1.82) is 0 Å². The molecular formula is C15H24FN3S. The first kappa shape index (κ1) is 15.6. The van der Waals surface area contributed by atoms with Gasteiger partial charge in [-0.05, 0) is 6.07 Å². The summed E-state index contributed by atoms with van der Waals surface area (Å²) in [7, 11) is 0. The molecule has 0 bridgehead atoms. The van der Waals surface area contributed by atoms with Gasteiger partial charge in [-0.3, -0.25) is 0 Å². The molecule has 2 rings (SSSR count). The van der Waals surface area contributed by atoms with E-state index in [1.54, 1.807) is 6.07 Å². The normalized spacial score (nSPS) is 23.4. The molecule has 5 heteroatoms. The van der Waals surface area contributed by atoms with Crippen molar-refractivity contribution in [1.82, 2.24) is 10.3 Å². The predicted molar refractivity (Wildman–Crippen MR) is 84.9 cm³/mol.